The maximum absolute atomic E-state index is 6.17. The van der Waals surface area contributed by atoms with Crippen molar-refractivity contribution in [2.24, 2.45) is 0 Å². The Labute approximate surface area is 154 Å². The van der Waals surface area contributed by atoms with Crippen LogP contribution in [-0.4, -0.2) is 26.4 Å². The van der Waals surface area contributed by atoms with Crippen molar-refractivity contribution < 1.29 is 19.5 Å². The first-order chi connectivity index (χ1) is 12.3. The van der Waals surface area contributed by atoms with Crippen LogP contribution in [0.2, 0.25) is 5.02 Å². The van der Waals surface area contributed by atoms with Crippen LogP contribution in [0.3, 0.4) is 0 Å². The van der Waals surface area contributed by atoms with E-state index in [1.54, 1.807) is 7.11 Å². The molecule has 2 N–H and O–H groups in total. The van der Waals surface area contributed by atoms with Gasteiger partial charge in [0.15, 0.2) is 11.5 Å². The number of hydrogen-bond acceptors (Lipinski definition) is 3. The highest BCUT2D eigenvalue weighted by atomic mass is 35.5. The molecule has 2 aromatic carbocycles. The molecule has 1 atom stereocenters. The minimum absolute atomic E-state index is 0.403. The van der Waals surface area contributed by atoms with Gasteiger partial charge in [-0.25, -0.2) is 0 Å². The summed E-state index contributed by atoms with van der Waals surface area (Å²) in [7, 11) is 1.66. The summed E-state index contributed by atoms with van der Waals surface area (Å²) >= 11 is 6.17. The van der Waals surface area contributed by atoms with Gasteiger partial charge in [-0.2, -0.15) is 0 Å². The molecule has 0 radical (unpaired) electrons. The van der Waals surface area contributed by atoms with E-state index in [9.17, 15) is 0 Å². The standard InChI is InChI=1S/C20H24ClNO3/c1-23-20-11-15(12-22-13-17-6-4-10-24-17)8-9-19(20)25-14-16-5-2-3-7-18(16)21/h2-3,5,7-9,11,17,22H,4,6,10,12-14H2,1H3/p+1/t17-/m0/s1. The lowest BCUT2D eigenvalue weighted by Gasteiger charge is -2.13. The molecule has 1 aliphatic rings. The van der Waals surface area contributed by atoms with E-state index in [4.69, 9.17) is 25.8 Å². The molecule has 0 aromatic heterocycles. The van der Waals surface area contributed by atoms with E-state index in [0.717, 1.165) is 36.8 Å². The maximum atomic E-state index is 6.17. The van der Waals surface area contributed by atoms with E-state index >= 15 is 0 Å². The molecule has 0 bridgehead atoms. The van der Waals surface area contributed by atoms with E-state index in [0.29, 0.717) is 17.7 Å². The summed E-state index contributed by atoms with van der Waals surface area (Å²) in [5.74, 6) is 1.47. The fourth-order valence-corrected chi connectivity index (χ4v) is 3.19. The van der Waals surface area contributed by atoms with Gasteiger partial charge >= 0.3 is 0 Å². The number of nitrogens with two attached hydrogens (primary N) is 1. The summed E-state index contributed by atoms with van der Waals surface area (Å²) in [6.45, 7) is 3.23. The van der Waals surface area contributed by atoms with Gasteiger partial charge in [0, 0.05) is 22.8 Å². The second-order valence-electron chi connectivity index (χ2n) is 6.23. The third kappa shape index (κ3) is 5.11. The predicted molar refractivity (Wildman–Crippen MR) is 98.2 cm³/mol. The molecule has 2 aromatic rings. The number of hydrogen-bond donors (Lipinski definition) is 1. The topological polar surface area (TPSA) is 44.3 Å². The van der Waals surface area contributed by atoms with Crippen LogP contribution in [-0.2, 0) is 17.9 Å². The highest BCUT2D eigenvalue weighted by Crippen LogP contribution is 2.29. The molecule has 5 heteroatoms. The largest absolute Gasteiger partial charge is 0.493 e. The van der Waals surface area contributed by atoms with Crippen molar-refractivity contribution in [3.05, 3.63) is 58.6 Å². The van der Waals surface area contributed by atoms with Crippen LogP contribution in [0.15, 0.2) is 42.5 Å². The smallest absolute Gasteiger partial charge is 0.161 e. The van der Waals surface area contributed by atoms with Crippen molar-refractivity contribution in [2.45, 2.75) is 32.1 Å². The number of methoxy groups -OCH3 is 1. The van der Waals surface area contributed by atoms with Crippen LogP contribution in [0, 0.1) is 0 Å². The molecule has 1 fully saturated rings. The van der Waals surface area contributed by atoms with E-state index in [-0.39, 0.29) is 0 Å². The van der Waals surface area contributed by atoms with Gasteiger partial charge in [0.1, 0.15) is 25.8 Å². The lowest BCUT2D eigenvalue weighted by atomic mass is 10.2. The van der Waals surface area contributed by atoms with Crippen molar-refractivity contribution in [2.75, 3.05) is 20.3 Å². The quantitative estimate of drug-likeness (QED) is 0.784. The predicted octanol–water partition coefficient (Wildman–Crippen LogP) is 3.17. The van der Waals surface area contributed by atoms with Gasteiger partial charge in [0.25, 0.3) is 0 Å². The summed E-state index contributed by atoms with van der Waals surface area (Å²) in [6, 6.07) is 13.8. The third-order valence-corrected chi connectivity index (χ3v) is 4.77. The number of rotatable bonds is 8. The van der Waals surface area contributed by atoms with Crippen molar-refractivity contribution >= 4 is 11.6 Å². The first kappa shape index (κ1) is 18.1. The van der Waals surface area contributed by atoms with Gasteiger partial charge in [-0.15, -0.1) is 0 Å². The fourth-order valence-electron chi connectivity index (χ4n) is 3.00. The van der Waals surface area contributed by atoms with Gasteiger partial charge in [0.2, 0.25) is 0 Å². The molecule has 1 saturated heterocycles. The van der Waals surface area contributed by atoms with E-state index < -0.39 is 0 Å². The molecule has 0 spiro atoms. The van der Waals surface area contributed by atoms with Crippen LogP contribution >= 0.6 is 11.6 Å². The van der Waals surface area contributed by atoms with Crippen molar-refractivity contribution in [1.29, 1.82) is 0 Å². The first-order valence-electron chi connectivity index (χ1n) is 8.72. The molecule has 134 valence electrons. The second kappa shape index (κ2) is 9.09. The van der Waals surface area contributed by atoms with Crippen LogP contribution in [0.25, 0.3) is 0 Å². The van der Waals surface area contributed by atoms with Crippen LogP contribution in [0.1, 0.15) is 24.0 Å². The van der Waals surface area contributed by atoms with Gasteiger partial charge in [-0.3, -0.25) is 0 Å². The molecular weight excluding hydrogens is 338 g/mol. The zero-order chi connectivity index (χ0) is 17.5. The Morgan fingerprint density at radius 1 is 1.20 bits per heavy atom. The summed E-state index contributed by atoms with van der Waals surface area (Å²) in [6.07, 6.45) is 2.76. The zero-order valence-electron chi connectivity index (χ0n) is 14.5. The van der Waals surface area contributed by atoms with Crippen molar-refractivity contribution in [3.63, 3.8) is 0 Å². The number of halogens is 1. The summed E-state index contributed by atoms with van der Waals surface area (Å²) < 4.78 is 17.0. The minimum atomic E-state index is 0.403. The zero-order valence-corrected chi connectivity index (χ0v) is 15.3. The van der Waals surface area contributed by atoms with E-state index in [1.807, 2.05) is 36.4 Å². The highest BCUT2D eigenvalue weighted by molar-refractivity contribution is 6.31. The lowest BCUT2D eigenvalue weighted by molar-refractivity contribution is -0.676. The molecule has 1 aliphatic heterocycles. The Morgan fingerprint density at radius 2 is 2.08 bits per heavy atom. The second-order valence-corrected chi connectivity index (χ2v) is 6.64. The fraction of sp³-hybridized carbons (Fsp3) is 0.400. The summed E-state index contributed by atoms with van der Waals surface area (Å²) in [4.78, 5) is 0. The third-order valence-electron chi connectivity index (χ3n) is 4.40. The molecule has 0 aliphatic carbocycles. The van der Waals surface area contributed by atoms with Gasteiger partial charge in [-0.05, 0) is 37.1 Å². The molecule has 25 heavy (non-hydrogen) atoms. The number of benzene rings is 2. The van der Waals surface area contributed by atoms with Gasteiger partial charge in [-0.1, -0.05) is 29.8 Å². The Balaban J connectivity index is 1.56. The Kier molecular flexibility index (Phi) is 6.56. The molecule has 3 rings (SSSR count). The Bertz CT molecular complexity index is 686. The minimum Gasteiger partial charge on any atom is -0.493 e. The first-order valence-corrected chi connectivity index (χ1v) is 9.10. The average Bonchev–Trinajstić information content (AvgIpc) is 3.15. The maximum Gasteiger partial charge on any atom is 0.161 e. The van der Waals surface area contributed by atoms with Crippen LogP contribution in [0.4, 0.5) is 0 Å². The number of ether oxygens (including phenoxy) is 3. The Morgan fingerprint density at radius 3 is 2.84 bits per heavy atom. The lowest BCUT2D eigenvalue weighted by Crippen LogP contribution is -2.84. The monoisotopic (exact) mass is 362 g/mol. The molecule has 0 saturated carbocycles. The number of quaternary nitrogens is 1. The van der Waals surface area contributed by atoms with Gasteiger partial charge in [0.05, 0.1) is 7.11 Å². The molecule has 4 nitrogen and oxygen atoms in total. The normalized spacial score (nSPS) is 16.8. The Hall–Kier alpha value is -1.75. The highest BCUT2D eigenvalue weighted by Gasteiger charge is 2.17. The van der Waals surface area contributed by atoms with Gasteiger partial charge < -0.3 is 19.5 Å². The van der Waals surface area contributed by atoms with Crippen LogP contribution < -0.4 is 14.8 Å². The van der Waals surface area contributed by atoms with E-state index in [2.05, 4.69) is 11.4 Å². The summed E-state index contributed by atoms with van der Waals surface area (Å²) in [5.41, 5.74) is 2.17. The SMILES string of the molecule is COc1cc(C[NH2+]C[C@@H]2CCCO2)ccc1OCc1ccccc1Cl. The average molecular weight is 363 g/mol. The molecular formula is C20H25ClNO3+. The summed E-state index contributed by atoms with van der Waals surface area (Å²) in [5, 5.41) is 3.00. The molecule has 1 heterocycles. The molecule has 0 unspecified atom stereocenters. The van der Waals surface area contributed by atoms with Crippen molar-refractivity contribution in [3.8, 4) is 11.5 Å². The van der Waals surface area contributed by atoms with E-state index in [1.165, 1.54) is 18.4 Å². The van der Waals surface area contributed by atoms with Crippen LogP contribution in [0.5, 0.6) is 11.5 Å². The van der Waals surface area contributed by atoms with Crippen molar-refractivity contribution in [1.82, 2.24) is 0 Å². The molecule has 0 amide bonds.